The number of rotatable bonds is 7. The van der Waals surface area contributed by atoms with Gasteiger partial charge in [0.1, 0.15) is 6.10 Å². The highest BCUT2D eigenvalue weighted by Gasteiger charge is 2.46. The van der Waals surface area contributed by atoms with Crippen molar-refractivity contribution >= 4 is 5.97 Å². The first-order chi connectivity index (χ1) is 10.2. The van der Waals surface area contributed by atoms with E-state index in [1.54, 1.807) is 0 Å². The van der Waals surface area contributed by atoms with Crippen molar-refractivity contribution in [1.29, 1.82) is 0 Å². The van der Waals surface area contributed by atoms with Crippen molar-refractivity contribution in [2.75, 3.05) is 6.54 Å². The molecule has 0 saturated heterocycles. The highest BCUT2D eigenvalue weighted by Crippen LogP contribution is 2.36. The SMILES string of the molecule is CC1CCC(C(C)C)C(OC(=O)C(N)(CCCN)C(F)F)C1. The van der Waals surface area contributed by atoms with Crippen molar-refractivity contribution in [2.24, 2.45) is 29.2 Å². The Kier molecular flexibility index (Phi) is 7.19. The molecule has 1 saturated carbocycles. The average molecular weight is 320 g/mol. The third kappa shape index (κ3) is 4.62. The fraction of sp³-hybridized carbons (Fsp3) is 0.938. The van der Waals surface area contributed by atoms with Crippen LogP contribution in [0.15, 0.2) is 0 Å². The Labute approximate surface area is 131 Å². The minimum atomic E-state index is -2.95. The first-order valence-corrected chi connectivity index (χ1v) is 8.20. The van der Waals surface area contributed by atoms with Gasteiger partial charge in [0.05, 0.1) is 0 Å². The number of carbonyl (C=O) groups is 1. The Morgan fingerprint density at radius 2 is 2.00 bits per heavy atom. The van der Waals surface area contributed by atoms with E-state index >= 15 is 0 Å². The number of ether oxygens (including phenoxy) is 1. The second kappa shape index (κ2) is 8.20. The zero-order valence-corrected chi connectivity index (χ0v) is 13.9. The minimum absolute atomic E-state index is 0.158. The summed E-state index contributed by atoms with van der Waals surface area (Å²) in [5.41, 5.74) is 8.76. The lowest BCUT2D eigenvalue weighted by molar-refractivity contribution is -0.169. The molecule has 1 aliphatic carbocycles. The number of carbonyl (C=O) groups excluding carboxylic acids is 1. The number of alkyl halides is 2. The highest BCUT2D eigenvalue weighted by atomic mass is 19.3. The topological polar surface area (TPSA) is 78.3 Å². The Morgan fingerprint density at radius 3 is 2.50 bits per heavy atom. The number of nitrogens with two attached hydrogens (primary N) is 2. The molecule has 0 aromatic rings. The van der Waals surface area contributed by atoms with Crippen molar-refractivity contribution in [3.05, 3.63) is 0 Å². The van der Waals surface area contributed by atoms with Crippen LogP contribution in [-0.2, 0) is 9.53 Å². The van der Waals surface area contributed by atoms with Crippen LogP contribution >= 0.6 is 0 Å². The van der Waals surface area contributed by atoms with Crippen molar-refractivity contribution in [3.63, 3.8) is 0 Å². The molecule has 0 heterocycles. The van der Waals surface area contributed by atoms with Gasteiger partial charge >= 0.3 is 5.97 Å². The summed E-state index contributed by atoms with van der Waals surface area (Å²) in [5, 5.41) is 0. The molecule has 1 fully saturated rings. The summed E-state index contributed by atoms with van der Waals surface area (Å²) in [7, 11) is 0. The quantitative estimate of drug-likeness (QED) is 0.707. The van der Waals surface area contributed by atoms with Crippen LogP contribution in [0.5, 0.6) is 0 Å². The molecule has 4 N–H and O–H groups in total. The van der Waals surface area contributed by atoms with Crippen molar-refractivity contribution in [2.45, 2.75) is 70.9 Å². The lowest BCUT2D eigenvalue weighted by atomic mass is 9.75. The largest absolute Gasteiger partial charge is 0.461 e. The first kappa shape index (κ1) is 19.3. The van der Waals surface area contributed by atoms with Gasteiger partial charge in [-0.25, -0.2) is 13.6 Å². The number of esters is 1. The van der Waals surface area contributed by atoms with E-state index in [2.05, 4.69) is 20.8 Å². The summed E-state index contributed by atoms with van der Waals surface area (Å²) < 4.78 is 32.0. The molecular weight excluding hydrogens is 290 g/mol. The van der Waals surface area contributed by atoms with Gasteiger partial charge in [-0.15, -0.1) is 0 Å². The molecule has 0 bridgehead atoms. The molecule has 4 atom stereocenters. The average Bonchev–Trinajstić information content (AvgIpc) is 2.44. The van der Waals surface area contributed by atoms with E-state index in [4.69, 9.17) is 16.2 Å². The Bertz CT molecular complexity index is 366. The molecule has 4 unspecified atom stereocenters. The molecule has 0 amide bonds. The standard InChI is InChI=1S/C16H30F2N2O2/c1-10(2)12-6-5-11(3)9-13(12)22-15(21)16(20,14(17)18)7-4-8-19/h10-14H,4-9,19-20H2,1-3H3. The van der Waals surface area contributed by atoms with Gasteiger partial charge in [0.25, 0.3) is 6.43 Å². The van der Waals surface area contributed by atoms with Crippen molar-refractivity contribution in [3.8, 4) is 0 Å². The van der Waals surface area contributed by atoms with E-state index in [-0.39, 0.29) is 31.4 Å². The van der Waals surface area contributed by atoms with Gasteiger partial charge in [-0.05, 0) is 50.0 Å². The predicted octanol–water partition coefficient (Wildman–Crippen LogP) is 2.69. The summed E-state index contributed by atoms with van der Waals surface area (Å²) in [5.74, 6) is -0.0130. The fourth-order valence-corrected chi connectivity index (χ4v) is 3.19. The lowest BCUT2D eigenvalue weighted by Crippen LogP contribution is -2.56. The lowest BCUT2D eigenvalue weighted by Gasteiger charge is -2.38. The molecule has 0 aliphatic heterocycles. The maximum atomic E-state index is 13.3. The molecule has 0 spiro atoms. The summed E-state index contributed by atoms with van der Waals surface area (Å²) in [6.07, 6.45) is -0.427. The van der Waals surface area contributed by atoms with Gasteiger partial charge in [-0.2, -0.15) is 0 Å². The van der Waals surface area contributed by atoms with E-state index in [1.807, 2.05) is 0 Å². The number of hydrogen-bond acceptors (Lipinski definition) is 4. The molecule has 6 heteroatoms. The molecule has 1 aliphatic rings. The van der Waals surface area contributed by atoms with E-state index in [9.17, 15) is 13.6 Å². The van der Waals surface area contributed by atoms with Gasteiger partial charge in [0.2, 0.25) is 0 Å². The second-order valence-electron chi connectivity index (χ2n) is 7.00. The van der Waals surface area contributed by atoms with Crippen LogP contribution in [0, 0.1) is 17.8 Å². The van der Waals surface area contributed by atoms with Crippen molar-refractivity contribution in [1.82, 2.24) is 0 Å². The summed E-state index contributed by atoms with van der Waals surface area (Å²) in [6, 6.07) is 0. The Morgan fingerprint density at radius 1 is 1.36 bits per heavy atom. The predicted molar refractivity (Wildman–Crippen MR) is 82.4 cm³/mol. The summed E-state index contributed by atoms with van der Waals surface area (Å²) >= 11 is 0. The Hall–Kier alpha value is -0.750. The summed E-state index contributed by atoms with van der Waals surface area (Å²) in [6.45, 7) is 6.44. The zero-order chi connectivity index (χ0) is 16.9. The molecule has 0 aromatic carbocycles. The van der Waals surface area contributed by atoms with E-state index in [1.165, 1.54) is 0 Å². The van der Waals surface area contributed by atoms with E-state index in [0.717, 1.165) is 12.8 Å². The molecular formula is C16H30F2N2O2. The van der Waals surface area contributed by atoms with Crippen LogP contribution in [0.25, 0.3) is 0 Å². The van der Waals surface area contributed by atoms with Gasteiger partial charge in [-0.3, -0.25) is 0 Å². The van der Waals surface area contributed by atoms with Crippen molar-refractivity contribution < 1.29 is 18.3 Å². The fourth-order valence-electron chi connectivity index (χ4n) is 3.19. The zero-order valence-electron chi connectivity index (χ0n) is 13.9. The maximum Gasteiger partial charge on any atom is 0.332 e. The van der Waals surface area contributed by atoms with Gasteiger partial charge < -0.3 is 16.2 Å². The van der Waals surface area contributed by atoms with Crippen LogP contribution in [0.4, 0.5) is 8.78 Å². The highest BCUT2D eigenvalue weighted by molar-refractivity contribution is 5.81. The van der Waals surface area contributed by atoms with Crippen LogP contribution in [-0.4, -0.2) is 30.6 Å². The van der Waals surface area contributed by atoms with Crippen LogP contribution in [0.2, 0.25) is 0 Å². The minimum Gasteiger partial charge on any atom is -0.461 e. The molecule has 0 aromatic heterocycles. The molecule has 22 heavy (non-hydrogen) atoms. The van der Waals surface area contributed by atoms with E-state index in [0.29, 0.717) is 18.3 Å². The van der Waals surface area contributed by atoms with Crippen LogP contribution in [0.3, 0.4) is 0 Å². The molecule has 1 rings (SSSR count). The molecule has 0 radical (unpaired) electrons. The normalized spacial score (nSPS) is 28.7. The number of hydrogen-bond donors (Lipinski definition) is 2. The van der Waals surface area contributed by atoms with Crippen LogP contribution < -0.4 is 11.5 Å². The number of halogens is 2. The first-order valence-electron chi connectivity index (χ1n) is 8.20. The third-order valence-electron chi connectivity index (χ3n) is 4.78. The smallest absolute Gasteiger partial charge is 0.332 e. The molecule has 130 valence electrons. The van der Waals surface area contributed by atoms with E-state index < -0.39 is 17.9 Å². The van der Waals surface area contributed by atoms with Gasteiger partial charge in [-0.1, -0.05) is 27.2 Å². The summed E-state index contributed by atoms with van der Waals surface area (Å²) in [4.78, 5) is 12.3. The van der Waals surface area contributed by atoms with Gasteiger partial charge in [0.15, 0.2) is 5.54 Å². The maximum absolute atomic E-state index is 13.3. The third-order valence-corrected chi connectivity index (χ3v) is 4.78. The molecule has 4 nitrogen and oxygen atoms in total. The second-order valence-corrected chi connectivity index (χ2v) is 7.00. The van der Waals surface area contributed by atoms with Gasteiger partial charge in [0, 0.05) is 0 Å². The Balaban J connectivity index is 2.81. The van der Waals surface area contributed by atoms with Crippen LogP contribution in [0.1, 0.15) is 52.9 Å². The monoisotopic (exact) mass is 320 g/mol.